The fraction of sp³-hybridized carbons (Fsp3) is 0.478. The van der Waals surface area contributed by atoms with Gasteiger partial charge in [-0.2, -0.15) is 0 Å². The van der Waals surface area contributed by atoms with Crippen molar-refractivity contribution in [3.05, 3.63) is 47.7 Å². The number of anilines is 1. The van der Waals surface area contributed by atoms with Gasteiger partial charge in [0.1, 0.15) is 11.8 Å². The third-order valence-electron chi connectivity index (χ3n) is 5.97. The number of aromatic nitrogens is 1. The van der Waals surface area contributed by atoms with Crippen LogP contribution in [0.1, 0.15) is 36.6 Å². The molecule has 1 atom stereocenters. The molecule has 4 rings (SSSR count). The molecule has 0 bridgehead atoms. The highest BCUT2D eigenvalue weighted by atomic mass is 16.5. The van der Waals surface area contributed by atoms with Gasteiger partial charge in [-0.15, -0.1) is 0 Å². The predicted octanol–water partition coefficient (Wildman–Crippen LogP) is 1.82. The fourth-order valence-corrected chi connectivity index (χ4v) is 4.30. The average molecular weight is 440 g/mol. The molecule has 3 heterocycles. The smallest absolute Gasteiger partial charge is 0.250 e. The van der Waals surface area contributed by atoms with Crippen molar-refractivity contribution >= 4 is 23.5 Å². The number of aryl methyl sites for hydroxylation is 1. The van der Waals surface area contributed by atoms with Crippen LogP contribution < -0.4 is 5.32 Å². The predicted molar refractivity (Wildman–Crippen MR) is 118 cm³/mol. The molecule has 1 unspecified atom stereocenters. The minimum absolute atomic E-state index is 0.0388. The van der Waals surface area contributed by atoms with Gasteiger partial charge in [0.05, 0.1) is 6.54 Å². The van der Waals surface area contributed by atoms with Crippen LogP contribution in [0.25, 0.3) is 0 Å². The van der Waals surface area contributed by atoms with Crippen LogP contribution in [0.15, 0.2) is 40.9 Å². The molecule has 1 N–H and O–H groups in total. The van der Waals surface area contributed by atoms with Gasteiger partial charge in [-0.1, -0.05) is 35.5 Å². The van der Waals surface area contributed by atoms with Gasteiger partial charge in [0, 0.05) is 45.2 Å². The number of hydrogen-bond donors (Lipinski definition) is 1. The molecule has 2 saturated heterocycles. The molecule has 0 aliphatic carbocycles. The third-order valence-corrected chi connectivity index (χ3v) is 5.97. The molecule has 32 heavy (non-hydrogen) atoms. The van der Waals surface area contributed by atoms with E-state index in [2.05, 4.69) is 10.5 Å². The summed E-state index contributed by atoms with van der Waals surface area (Å²) < 4.78 is 4.96. The van der Waals surface area contributed by atoms with E-state index in [0.29, 0.717) is 50.7 Å². The summed E-state index contributed by atoms with van der Waals surface area (Å²) in [5, 5.41) is 6.49. The highest BCUT2D eigenvalue weighted by molar-refractivity contribution is 5.91. The highest BCUT2D eigenvalue weighted by Gasteiger charge is 2.36. The first kappa shape index (κ1) is 22.0. The Labute approximate surface area is 187 Å². The van der Waals surface area contributed by atoms with E-state index in [1.165, 1.54) is 0 Å². The maximum Gasteiger partial charge on any atom is 0.250 e. The summed E-state index contributed by atoms with van der Waals surface area (Å²) in [5.41, 5.74) is 0.845. The number of piperazine rings is 1. The van der Waals surface area contributed by atoms with Crippen LogP contribution in [0.5, 0.6) is 0 Å². The number of likely N-dealkylation sites (tertiary alicyclic amines) is 1. The minimum atomic E-state index is -0.589. The normalized spacial score (nSPS) is 18.5. The van der Waals surface area contributed by atoms with Crippen molar-refractivity contribution in [2.24, 2.45) is 0 Å². The molecule has 9 heteroatoms. The standard InChI is InChI=1S/C23H29N5O4/c1-17-15-19(25-32-17)24-20(29)16-26-11-13-27(14-12-26)23(31)22(18-7-3-2-4-8-18)28-10-6-5-9-21(28)30/h2-4,7-8,15,22H,5-6,9-14,16H2,1H3,(H,24,25,29). The Kier molecular flexibility index (Phi) is 6.84. The zero-order chi connectivity index (χ0) is 22.5. The Balaban J connectivity index is 1.37. The summed E-state index contributed by atoms with van der Waals surface area (Å²) in [5.74, 6) is 0.857. The second kappa shape index (κ2) is 9.95. The van der Waals surface area contributed by atoms with Crippen molar-refractivity contribution in [2.45, 2.75) is 32.2 Å². The summed E-state index contributed by atoms with van der Waals surface area (Å²) in [6, 6.07) is 10.6. The van der Waals surface area contributed by atoms with Gasteiger partial charge in [-0.25, -0.2) is 0 Å². The molecule has 0 radical (unpaired) electrons. The molecule has 2 aliphatic rings. The van der Waals surface area contributed by atoms with E-state index in [-0.39, 0.29) is 24.3 Å². The molecular weight excluding hydrogens is 410 g/mol. The van der Waals surface area contributed by atoms with Gasteiger partial charge in [0.2, 0.25) is 17.7 Å². The van der Waals surface area contributed by atoms with Crippen LogP contribution in [0.4, 0.5) is 5.82 Å². The average Bonchev–Trinajstić information content (AvgIpc) is 3.20. The van der Waals surface area contributed by atoms with Crippen LogP contribution in [-0.2, 0) is 14.4 Å². The molecule has 0 spiro atoms. The minimum Gasteiger partial charge on any atom is -0.360 e. The molecule has 2 aromatic rings. The van der Waals surface area contributed by atoms with Crippen molar-refractivity contribution in [2.75, 3.05) is 44.6 Å². The zero-order valence-corrected chi connectivity index (χ0v) is 18.3. The van der Waals surface area contributed by atoms with Crippen molar-refractivity contribution in [1.29, 1.82) is 0 Å². The van der Waals surface area contributed by atoms with Crippen LogP contribution in [-0.4, -0.2) is 76.8 Å². The lowest BCUT2D eigenvalue weighted by Gasteiger charge is -2.40. The molecule has 3 amide bonds. The van der Waals surface area contributed by atoms with Gasteiger partial charge in [-0.05, 0) is 25.3 Å². The van der Waals surface area contributed by atoms with Crippen molar-refractivity contribution < 1.29 is 18.9 Å². The number of hydrogen-bond acceptors (Lipinski definition) is 6. The Bertz CT molecular complexity index is 952. The van der Waals surface area contributed by atoms with E-state index in [9.17, 15) is 14.4 Å². The van der Waals surface area contributed by atoms with E-state index >= 15 is 0 Å². The lowest BCUT2D eigenvalue weighted by atomic mass is 9.99. The summed E-state index contributed by atoms with van der Waals surface area (Å²) in [6.07, 6.45) is 2.28. The Morgan fingerprint density at radius 3 is 2.50 bits per heavy atom. The van der Waals surface area contributed by atoms with E-state index in [1.54, 1.807) is 17.9 Å². The highest BCUT2D eigenvalue weighted by Crippen LogP contribution is 2.28. The molecular formula is C23H29N5O4. The molecule has 1 aromatic carbocycles. The summed E-state index contributed by atoms with van der Waals surface area (Å²) >= 11 is 0. The van der Waals surface area contributed by atoms with Gasteiger partial charge < -0.3 is 19.6 Å². The largest absolute Gasteiger partial charge is 0.360 e. The number of rotatable bonds is 6. The Morgan fingerprint density at radius 1 is 1.09 bits per heavy atom. The third kappa shape index (κ3) is 5.16. The van der Waals surface area contributed by atoms with Crippen LogP contribution in [0.2, 0.25) is 0 Å². The lowest BCUT2D eigenvalue weighted by molar-refractivity contribution is -0.149. The molecule has 2 aliphatic heterocycles. The first-order valence-electron chi connectivity index (χ1n) is 11.1. The maximum absolute atomic E-state index is 13.5. The second-order valence-electron chi connectivity index (χ2n) is 8.33. The summed E-state index contributed by atoms with van der Waals surface area (Å²) in [4.78, 5) is 44.0. The van der Waals surface area contributed by atoms with E-state index in [1.807, 2.05) is 40.1 Å². The molecule has 170 valence electrons. The van der Waals surface area contributed by atoms with E-state index in [0.717, 1.165) is 18.4 Å². The van der Waals surface area contributed by atoms with Gasteiger partial charge in [0.15, 0.2) is 5.82 Å². The monoisotopic (exact) mass is 439 g/mol. The number of carbonyl (C=O) groups excluding carboxylic acids is 3. The number of amides is 3. The van der Waals surface area contributed by atoms with Crippen molar-refractivity contribution in [1.82, 2.24) is 19.9 Å². The Hall–Kier alpha value is -3.20. The van der Waals surface area contributed by atoms with E-state index in [4.69, 9.17) is 4.52 Å². The number of piperidine rings is 1. The molecule has 0 saturated carbocycles. The molecule has 2 fully saturated rings. The quantitative estimate of drug-likeness (QED) is 0.737. The van der Waals surface area contributed by atoms with Gasteiger partial charge in [0.25, 0.3) is 0 Å². The SMILES string of the molecule is Cc1cc(NC(=O)CN2CCN(C(=O)C(c3ccccc3)N3CCCCC3=O)CC2)no1. The van der Waals surface area contributed by atoms with E-state index < -0.39 is 6.04 Å². The molecule has 1 aromatic heterocycles. The topological polar surface area (TPSA) is 99.0 Å². The van der Waals surface area contributed by atoms with Crippen LogP contribution >= 0.6 is 0 Å². The second-order valence-corrected chi connectivity index (χ2v) is 8.33. The fourth-order valence-electron chi connectivity index (χ4n) is 4.30. The maximum atomic E-state index is 13.5. The Morgan fingerprint density at radius 2 is 1.84 bits per heavy atom. The van der Waals surface area contributed by atoms with Crippen LogP contribution in [0.3, 0.4) is 0 Å². The number of nitrogens with zero attached hydrogens (tertiary/aromatic N) is 4. The zero-order valence-electron chi connectivity index (χ0n) is 18.3. The summed E-state index contributed by atoms with van der Waals surface area (Å²) in [7, 11) is 0. The van der Waals surface area contributed by atoms with Crippen molar-refractivity contribution in [3.63, 3.8) is 0 Å². The summed E-state index contributed by atoms with van der Waals surface area (Å²) in [6.45, 7) is 4.80. The van der Waals surface area contributed by atoms with Crippen molar-refractivity contribution in [3.8, 4) is 0 Å². The number of carbonyl (C=O) groups is 3. The number of nitrogens with one attached hydrogen (secondary N) is 1. The first-order valence-corrected chi connectivity index (χ1v) is 11.1. The number of benzene rings is 1. The lowest BCUT2D eigenvalue weighted by Crippen LogP contribution is -2.54. The van der Waals surface area contributed by atoms with Gasteiger partial charge in [-0.3, -0.25) is 19.3 Å². The first-order chi connectivity index (χ1) is 15.5. The molecule has 9 nitrogen and oxygen atoms in total. The van der Waals surface area contributed by atoms with Crippen LogP contribution in [0, 0.1) is 6.92 Å². The van der Waals surface area contributed by atoms with Gasteiger partial charge >= 0.3 is 0 Å².